The average Bonchev–Trinajstić information content (AvgIpc) is 2.92. The molecular weight excluding hydrogens is 278 g/mol. The number of aromatic nitrogens is 1. The van der Waals surface area contributed by atoms with E-state index in [1.54, 1.807) is 24.4 Å². The van der Waals surface area contributed by atoms with Gasteiger partial charge in [-0.2, -0.15) is 0 Å². The molecule has 106 valence electrons. The number of nitro benzene ring substituents is 1. The van der Waals surface area contributed by atoms with E-state index < -0.39 is 10.5 Å². The molecule has 0 atom stereocenters. The van der Waals surface area contributed by atoms with Crippen molar-refractivity contribution in [3.8, 4) is 5.75 Å². The second-order valence-corrected chi connectivity index (χ2v) is 5.60. The van der Waals surface area contributed by atoms with Crippen LogP contribution < -0.4 is 10.1 Å². The fourth-order valence-electron chi connectivity index (χ4n) is 1.90. The van der Waals surface area contributed by atoms with Crippen molar-refractivity contribution in [2.24, 2.45) is 0 Å². The first-order chi connectivity index (χ1) is 9.45. The molecule has 0 aliphatic rings. The van der Waals surface area contributed by atoms with E-state index in [1.807, 2.05) is 19.2 Å². The number of hydrogen-bond acceptors (Lipinski definition) is 6. The van der Waals surface area contributed by atoms with Crippen molar-refractivity contribution in [1.29, 1.82) is 0 Å². The minimum atomic E-state index is -0.509. The number of nitrogens with zero attached hydrogens (tertiary/aromatic N) is 2. The van der Waals surface area contributed by atoms with Crippen LogP contribution in [0.5, 0.6) is 5.75 Å². The zero-order chi connectivity index (χ0) is 14.8. The third-order valence-electron chi connectivity index (χ3n) is 2.82. The highest BCUT2D eigenvalue weighted by molar-refractivity contribution is 7.09. The lowest BCUT2D eigenvalue weighted by atomic mass is 10.1. The molecule has 0 saturated carbocycles. The molecule has 0 spiro atoms. The summed E-state index contributed by atoms with van der Waals surface area (Å²) in [6, 6.07) is 4.95. The molecule has 2 rings (SSSR count). The number of para-hydroxylation sites is 1. The summed E-state index contributed by atoms with van der Waals surface area (Å²) < 4.78 is 5.06. The van der Waals surface area contributed by atoms with E-state index in [0.29, 0.717) is 5.69 Å². The smallest absolute Gasteiger partial charge is 0.333 e. The number of anilines is 1. The highest BCUT2D eigenvalue weighted by Gasteiger charge is 2.28. The van der Waals surface area contributed by atoms with E-state index in [9.17, 15) is 10.1 Å². The Hall–Kier alpha value is -2.15. The SMILES string of the molecule is COc1cccc(NC(C)(C)c2nccs2)c1[N+](=O)[O-]. The second-order valence-electron chi connectivity index (χ2n) is 4.70. The van der Waals surface area contributed by atoms with Crippen LogP contribution in [-0.4, -0.2) is 17.0 Å². The van der Waals surface area contributed by atoms with Gasteiger partial charge in [0, 0.05) is 11.6 Å². The highest BCUT2D eigenvalue weighted by Crippen LogP contribution is 2.38. The van der Waals surface area contributed by atoms with Crippen molar-refractivity contribution in [2.45, 2.75) is 19.4 Å². The zero-order valence-electron chi connectivity index (χ0n) is 11.4. The third-order valence-corrected chi connectivity index (χ3v) is 3.91. The minimum absolute atomic E-state index is 0.0698. The lowest BCUT2D eigenvalue weighted by Crippen LogP contribution is -2.28. The molecule has 1 aromatic heterocycles. The predicted octanol–water partition coefficient (Wildman–Crippen LogP) is 3.41. The minimum Gasteiger partial charge on any atom is -0.490 e. The van der Waals surface area contributed by atoms with E-state index >= 15 is 0 Å². The van der Waals surface area contributed by atoms with Gasteiger partial charge < -0.3 is 10.1 Å². The Balaban J connectivity index is 2.41. The molecule has 1 aromatic carbocycles. The Kier molecular flexibility index (Phi) is 3.89. The van der Waals surface area contributed by atoms with Crippen LogP contribution in [-0.2, 0) is 5.54 Å². The Morgan fingerprint density at radius 3 is 2.75 bits per heavy atom. The number of nitro groups is 1. The van der Waals surface area contributed by atoms with Gasteiger partial charge in [0.2, 0.25) is 0 Å². The van der Waals surface area contributed by atoms with Crippen molar-refractivity contribution in [3.05, 3.63) is 44.9 Å². The van der Waals surface area contributed by atoms with Crippen LogP contribution in [0.15, 0.2) is 29.8 Å². The number of hydrogen-bond donors (Lipinski definition) is 1. The van der Waals surface area contributed by atoms with E-state index in [0.717, 1.165) is 5.01 Å². The van der Waals surface area contributed by atoms with Crippen LogP contribution in [0.1, 0.15) is 18.9 Å². The van der Waals surface area contributed by atoms with Crippen molar-refractivity contribution in [1.82, 2.24) is 4.98 Å². The van der Waals surface area contributed by atoms with E-state index in [4.69, 9.17) is 4.74 Å². The lowest BCUT2D eigenvalue weighted by Gasteiger charge is -2.25. The van der Waals surface area contributed by atoms with Gasteiger partial charge in [-0.15, -0.1) is 11.3 Å². The molecule has 20 heavy (non-hydrogen) atoms. The molecule has 7 heteroatoms. The molecule has 0 fully saturated rings. The van der Waals surface area contributed by atoms with Gasteiger partial charge in [0.25, 0.3) is 0 Å². The number of ether oxygens (including phenoxy) is 1. The predicted molar refractivity (Wildman–Crippen MR) is 78.4 cm³/mol. The van der Waals surface area contributed by atoms with Crippen molar-refractivity contribution in [3.63, 3.8) is 0 Å². The van der Waals surface area contributed by atoms with Gasteiger partial charge in [0.15, 0.2) is 5.75 Å². The van der Waals surface area contributed by atoms with Crippen LogP contribution in [0.4, 0.5) is 11.4 Å². The maximum atomic E-state index is 11.2. The van der Waals surface area contributed by atoms with Crippen molar-refractivity contribution < 1.29 is 9.66 Å². The molecule has 2 aromatic rings. The first-order valence-electron chi connectivity index (χ1n) is 5.95. The lowest BCUT2D eigenvalue weighted by molar-refractivity contribution is -0.384. The average molecular weight is 293 g/mol. The monoisotopic (exact) mass is 293 g/mol. The standard InChI is InChI=1S/C13H15N3O3S/c1-13(2,12-14-7-8-20-12)15-9-5-4-6-10(19-3)11(9)16(17)18/h4-8,15H,1-3H3. The second kappa shape index (κ2) is 5.46. The summed E-state index contributed by atoms with van der Waals surface area (Å²) in [5.74, 6) is 0.231. The largest absolute Gasteiger partial charge is 0.490 e. The number of thiazole rings is 1. The van der Waals surface area contributed by atoms with E-state index in [-0.39, 0.29) is 11.4 Å². The summed E-state index contributed by atoms with van der Waals surface area (Å²) in [4.78, 5) is 15.1. The highest BCUT2D eigenvalue weighted by atomic mass is 32.1. The van der Waals surface area contributed by atoms with Gasteiger partial charge in [-0.1, -0.05) is 6.07 Å². The van der Waals surface area contributed by atoms with Crippen molar-refractivity contribution >= 4 is 22.7 Å². The molecular formula is C13H15N3O3S. The van der Waals surface area contributed by atoms with Gasteiger partial charge in [0.1, 0.15) is 10.7 Å². The maximum absolute atomic E-state index is 11.2. The fraction of sp³-hybridized carbons (Fsp3) is 0.308. The topological polar surface area (TPSA) is 77.3 Å². The number of rotatable bonds is 5. The summed E-state index contributed by atoms with van der Waals surface area (Å²) in [6.45, 7) is 3.85. The van der Waals surface area contributed by atoms with E-state index in [1.165, 1.54) is 18.4 Å². The first kappa shape index (κ1) is 14.3. The molecule has 6 nitrogen and oxygen atoms in total. The summed E-state index contributed by atoms with van der Waals surface area (Å²) in [5, 5.41) is 17.1. The molecule has 0 saturated heterocycles. The molecule has 0 bridgehead atoms. The Morgan fingerprint density at radius 2 is 2.20 bits per heavy atom. The van der Waals surface area contributed by atoms with Gasteiger partial charge >= 0.3 is 5.69 Å². The number of nitrogens with one attached hydrogen (secondary N) is 1. The van der Waals surface area contributed by atoms with E-state index in [2.05, 4.69) is 10.3 Å². The normalized spacial score (nSPS) is 11.2. The van der Waals surface area contributed by atoms with Crippen LogP contribution in [0.2, 0.25) is 0 Å². The molecule has 1 heterocycles. The molecule has 0 unspecified atom stereocenters. The third kappa shape index (κ3) is 2.72. The fourth-order valence-corrected chi connectivity index (χ4v) is 2.62. The van der Waals surface area contributed by atoms with Crippen LogP contribution in [0.25, 0.3) is 0 Å². The molecule has 0 aliphatic heterocycles. The van der Waals surface area contributed by atoms with Crippen molar-refractivity contribution in [2.75, 3.05) is 12.4 Å². The molecule has 0 radical (unpaired) electrons. The maximum Gasteiger partial charge on any atom is 0.333 e. The molecule has 1 N–H and O–H groups in total. The van der Waals surface area contributed by atoms with Gasteiger partial charge in [-0.25, -0.2) is 4.98 Å². The van der Waals surface area contributed by atoms with Crippen LogP contribution >= 0.6 is 11.3 Å². The summed E-state index contributed by atoms with van der Waals surface area (Å²) in [6.07, 6.45) is 1.71. The van der Waals surface area contributed by atoms with Crippen LogP contribution in [0.3, 0.4) is 0 Å². The molecule has 0 amide bonds. The number of methoxy groups -OCH3 is 1. The summed E-state index contributed by atoms with van der Waals surface area (Å²) in [7, 11) is 1.41. The Labute approximate surface area is 120 Å². The number of benzene rings is 1. The Morgan fingerprint density at radius 1 is 1.45 bits per heavy atom. The molecule has 0 aliphatic carbocycles. The van der Waals surface area contributed by atoms with Crippen LogP contribution in [0, 0.1) is 10.1 Å². The van der Waals surface area contributed by atoms with Gasteiger partial charge in [0.05, 0.1) is 17.6 Å². The first-order valence-corrected chi connectivity index (χ1v) is 6.83. The quantitative estimate of drug-likeness (QED) is 0.675. The van der Waals surface area contributed by atoms with Gasteiger partial charge in [-0.3, -0.25) is 10.1 Å². The summed E-state index contributed by atoms with van der Waals surface area (Å²) >= 11 is 1.50. The zero-order valence-corrected chi connectivity index (χ0v) is 12.2. The Bertz CT molecular complexity index is 611. The summed E-state index contributed by atoms with van der Waals surface area (Å²) in [5.41, 5.74) is -0.167. The van der Waals surface area contributed by atoms with Gasteiger partial charge in [-0.05, 0) is 26.0 Å².